The minimum atomic E-state index is -0.123. The lowest BCUT2D eigenvalue weighted by Gasteiger charge is -2.17. The highest BCUT2D eigenvalue weighted by molar-refractivity contribution is 6.01. The molecule has 1 aliphatic heterocycles. The minimum Gasteiger partial charge on any atom is -0.383 e. The van der Waals surface area contributed by atoms with E-state index >= 15 is 0 Å². The second-order valence-corrected chi connectivity index (χ2v) is 5.01. The van der Waals surface area contributed by atoms with Crippen molar-refractivity contribution in [2.24, 2.45) is 0 Å². The third-order valence-electron chi connectivity index (χ3n) is 3.33. The molecule has 1 aromatic carbocycles. The van der Waals surface area contributed by atoms with Crippen LogP contribution in [0.5, 0.6) is 0 Å². The maximum absolute atomic E-state index is 12.2. The highest BCUT2D eigenvalue weighted by atomic mass is 16.5. The van der Waals surface area contributed by atoms with Gasteiger partial charge in [0.1, 0.15) is 0 Å². The summed E-state index contributed by atoms with van der Waals surface area (Å²) in [6, 6.07) is 5.30. The van der Waals surface area contributed by atoms with Crippen LogP contribution in [0.2, 0.25) is 0 Å². The number of nitrogens with one attached hydrogen (secondary N) is 2. The summed E-state index contributed by atoms with van der Waals surface area (Å²) in [4.78, 5) is 23.5. The molecule has 1 atom stereocenters. The molecule has 0 radical (unpaired) electrons. The third kappa shape index (κ3) is 3.36. The van der Waals surface area contributed by atoms with Crippen LogP contribution < -0.4 is 10.6 Å². The zero-order valence-corrected chi connectivity index (χ0v) is 11.9. The first-order valence-corrected chi connectivity index (χ1v) is 6.86. The molecule has 0 saturated carbocycles. The van der Waals surface area contributed by atoms with Gasteiger partial charge < -0.3 is 15.4 Å². The van der Waals surface area contributed by atoms with Crippen molar-refractivity contribution in [3.63, 3.8) is 0 Å². The number of rotatable bonds is 6. The number of methoxy groups -OCH3 is 1. The topological polar surface area (TPSA) is 67.4 Å². The van der Waals surface area contributed by atoms with E-state index in [9.17, 15) is 9.59 Å². The van der Waals surface area contributed by atoms with Gasteiger partial charge in [-0.1, -0.05) is 13.3 Å². The van der Waals surface area contributed by atoms with Crippen molar-refractivity contribution in [1.29, 1.82) is 0 Å². The van der Waals surface area contributed by atoms with Crippen LogP contribution in [0, 0.1) is 0 Å². The van der Waals surface area contributed by atoms with Gasteiger partial charge in [0, 0.05) is 18.4 Å². The van der Waals surface area contributed by atoms with E-state index in [1.54, 1.807) is 25.3 Å². The summed E-state index contributed by atoms with van der Waals surface area (Å²) >= 11 is 0. The SMILES string of the molecule is CCCC(COC)NC(=O)c1ccc2c(c1)CC(=O)N2. The fourth-order valence-electron chi connectivity index (χ4n) is 2.39. The van der Waals surface area contributed by atoms with Gasteiger partial charge in [-0.15, -0.1) is 0 Å². The van der Waals surface area contributed by atoms with E-state index < -0.39 is 0 Å². The van der Waals surface area contributed by atoms with Crippen LogP contribution in [-0.4, -0.2) is 31.6 Å². The van der Waals surface area contributed by atoms with Gasteiger partial charge in [0.15, 0.2) is 0 Å². The van der Waals surface area contributed by atoms with Gasteiger partial charge in [0.25, 0.3) is 5.91 Å². The van der Waals surface area contributed by atoms with E-state index in [1.165, 1.54) is 0 Å². The van der Waals surface area contributed by atoms with E-state index in [1.807, 2.05) is 0 Å². The molecule has 5 heteroatoms. The minimum absolute atomic E-state index is 0.0190. The summed E-state index contributed by atoms with van der Waals surface area (Å²) in [6.07, 6.45) is 2.20. The Kier molecular flexibility index (Phi) is 4.74. The van der Waals surface area contributed by atoms with Crippen LogP contribution in [0.15, 0.2) is 18.2 Å². The lowest BCUT2D eigenvalue weighted by molar-refractivity contribution is -0.115. The second kappa shape index (κ2) is 6.52. The highest BCUT2D eigenvalue weighted by Crippen LogP contribution is 2.23. The molecule has 2 amide bonds. The zero-order valence-electron chi connectivity index (χ0n) is 11.9. The van der Waals surface area contributed by atoms with E-state index in [2.05, 4.69) is 17.6 Å². The first-order valence-electron chi connectivity index (χ1n) is 6.86. The summed E-state index contributed by atoms with van der Waals surface area (Å²) in [5.41, 5.74) is 2.26. The lowest BCUT2D eigenvalue weighted by atomic mass is 10.1. The molecule has 2 rings (SSSR count). The first-order chi connectivity index (χ1) is 9.63. The molecule has 0 spiro atoms. The molecule has 1 aromatic rings. The van der Waals surface area contributed by atoms with Crippen molar-refractivity contribution >= 4 is 17.5 Å². The zero-order chi connectivity index (χ0) is 14.5. The molecule has 20 heavy (non-hydrogen) atoms. The van der Waals surface area contributed by atoms with Gasteiger partial charge in [-0.05, 0) is 30.2 Å². The number of anilines is 1. The van der Waals surface area contributed by atoms with Gasteiger partial charge in [-0.25, -0.2) is 0 Å². The molecule has 0 bridgehead atoms. The maximum Gasteiger partial charge on any atom is 0.251 e. The summed E-state index contributed by atoms with van der Waals surface area (Å²) < 4.78 is 5.11. The molecule has 5 nitrogen and oxygen atoms in total. The summed E-state index contributed by atoms with van der Waals surface area (Å²) in [6.45, 7) is 2.58. The number of amides is 2. The highest BCUT2D eigenvalue weighted by Gasteiger charge is 2.20. The quantitative estimate of drug-likeness (QED) is 0.831. The number of carbonyl (C=O) groups is 2. The molecule has 1 unspecified atom stereocenters. The van der Waals surface area contributed by atoms with Gasteiger partial charge in [0.05, 0.1) is 19.1 Å². The van der Waals surface area contributed by atoms with Crippen LogP contribution >= 0.6 is 0 Å². The Balaban J connectivity index is 2.06. The van der Waals surface area contributed by atoms with E-state index in [0.717, 1.165) is 24.1 Å². The van der Waals surface area contributed by atoms with E-state index in [-0.39, 0.29) is 17.9 Å². The number of hydrogen-bond acceptors (Lipinski definition) is 3. The average molecular weight is 276 g/mol. The predicted octanol–water partition coefficient (Wildman–Crippen LogP) is 1.73. The largest absolute Gasteiger partial charge is 0.383 e. The van der Waals surface area contributed by atoms with Gasteiger partial charge in [-0.3, -0.25) is 9.59 Å². The van der Waals surface area contributed by atoms with E-state index in [4.69, 9.17) is 4.74 Å². The van der Waals surface area contributed by atoms with Crippen LogP contribution in [0.3, 0.4) is 0 Å². The summed E-state index contributed by atoms with van der Waals surface area (Å²) in [5, 5.41) is 5.72. The van der Waals surface area contributed by atoms with Crippen molar-refractivity contribution in [1.82, 2.24) is 5.32 Å². The molecular formula is C15H20N2O3. The van der Waals surface area contributed by atoms with Gasteiger partial charge in [0.2, 0.25) is 5.91 Å². The Morgan fingerprint density at radius 1 is 1.50 bits per heavy atom. The molecule has 0 fully saturated rings. The monoisotopic (exact) mass is 276 g/mol. The number of hydrogen-bond donors (Lipinski definition) is 2. The van der Waals surface area contributed by atoms with Crippen molar-refractivity contribution in [2.75, 3.05) is 19.0 Å². The first kappa shape index (κ1) is 14.5. The second-order valence-electron chi connectivity index (χ2n) is 5.01. The summed E-state index contributed by atoms with van der Waals surface area (Å²) in [5.74, 6) is -0.150. The number of benzene rings is 1. The maximum atomic E-state index is 12.2. The Hall–Kier alpha value is -1.88. The van der Waals surface area contributed by atoms with Gasteiger partial charge in [-0.2, -0.15) is 0 Å². The van der Waals surface area contributed by atoms with Gasteiger partial charge >= 0.3 is 0 Å². The van der Waals surface area contributed by atoms with E-state index in [0.29, 0.717) is 18.6 Å². The number of fused-ring (bicyclic) bond motifs is 1. The fourth-order valence-corrected chi connectivity index (χ4v) is 2.39. The number of ether oxygens (including phenoxy) is 1. The van der Waals surface area contributed by atoms with Crippen molar-refractivity contribution in [3.8, 4) is 0 Å². The standard InChI is InChI=1S/C15H20N2O3/c1-3-4-12(9-20-2)16-15(19)10-5-6-13-11(7-10)8-14(18)17-13/h5-7,12H,3-4,8-9H2,1-2H3,(H,16,19)(H,17,18). The van der Waals surface area contributed by atoms with Crippen LogP contribution in [0.1, 0.15) is 35.7 Å². The van der Waals surface area contributed by atoms with Crippen molar-refractivity contribution in [3.05, 3.63) is 29.3 Å². The Morgan fingerprint density at radius 3 is 3.00 bits per heavy atom. The van der Waals surface area contributed by atoms with Crippen molar-refractivity contribution in [2.45, 2.75) is 32.2 Å². The predicted molar refractivity (Wildman–Crippen MR) is 76.8 cm³/mol. The molecule has 1 heterocycles. The Bertz CT molecular complexity index is 508. The van der Waals surface area contributed by atoms with Crippen LogP contribution in [0.25, 0.3) is 0 Å². The molecule has 2 N–H and O–H groups in total. The Labute approximate surface area is 118 Å². The normalized spacial score (nSPS) is 14.6. The molecule has 0 aliphatic carbocycles. The molecule has 1 aliphatic rings. The molecule has 0 saturated heterocycles. The number of carbonyl (C=O) groups excluding carboxylic acids is 2. The van der Waals surface area contributed by atoms with Crippen LogP contribution in [0.4, 0.5) is 5.69 Å². The molecule has 108 valence electrons. The fraction of sp³-hybridized carbons (Fsp3) is 0.467. The lowest BCUT2D eigenvalue weighted by Crippen LogP contribution is -2.37. The average Bonchev–Trinajstić information content (AvgIpc) is 2.78. The van der Waals surface area contributed by atoms with Crippen molar-refractivity contribution < 1.29 is 14.3 Å². The smallest absolute Gasteiger partial charge is 0.251 e. The molecular weight excluding hydrogens is 256 g/mol. The summed E-state index contributed by atoms with van der Waals surface area (Å²) in [7, 11) is 1.63. The third-order valence-corrected chi connectivity index (χ3v) is 3.33. The Morgan fingerprint density at radius 2 is 2.30 bits per heavy atom. The molecule has 0 aromatic heterocycles. The van der Waals surface area contributed by atoms with Crippen LogP contribution in [-0.2, 0) is 16.0 Å².